The molecular weight excluding hydrogens is 469 g/mol. The minimum absolute atomic E-state index is 0. The third-order valence-electron chi connectivity index (χ3n) is 5.20. The molecule has 14 heteroatoms. The standard InChI is InChI=1S/C20H29NO12.Na/c1-7(2)18(28)30-6-10-13(24)16(11(21-9(4)22)19(29-5)31-10)33-20-14(25)12(23)8(3)15(32-20)17(26)27;/h8,10-16,19-20,23-25H,1,3,5-6H2,2,4H3,(H,21,22)(H,26,27);/q;+1/p-1/t8-,10?,11?,12?,13?,14?,15?,16?,19?,20?;/m0./s1. The molecule has 2 saturated heterocycles. The van der Waals surface area contributed by atoms with Gasteiger partial charge in [0.15, 0.2) is 18.5 Å². The van der Waals surface area contributed by atoms with Crippen molar-refractivity contribution in [3.05, 3.63) is 26.2 Å². The molecule has 34 heavy (non-hydrogen) atoms. The van der Waals surface area contributed by atoms with E-state index in [0.717, 1.165) is 0 Å². The maximum absolute atomic E-state index is 11.7. The summed E-state index contributed by atoms with van der Waals surface area (Å²) in [6.07, 6.45) is -12.6. The van der Waals surface area contributed by atoms with E-state index >= 15 is 0 Å². The predicted octanol–water partition coefficient (Wildman–Crippen LogP) is -6.46. The molecule has 13 nitrogen and oxygen atoms in total. The Morgan fingerprint density at radius 3 is 2.24 bits per heavy atom. The number of esters is 1. The first kappa shape index (κ1) is 30.8. The number of ether oxygens (including phenoxy) is 5. The van der Waals surface area contributed by atoms with Gasteiger partial charge >= 0.3 is 35.5 Å². The van der Waals surface area contributed by atoms with Crippen LogP contribution >= 0.6 is 0 Å². The van der Waals surface area contributed by atoms with Gasteiger partial charge in [-0.2, -0.15) is 0 Å². The number of aliphatic hydroxyl groups excluding tert-OH is 3. The van der Waals surface area contributed by atoms with E-state index in [4.69, 9.17) is 23.7 Å². The maximum atomic E-state index is 11.7. The smallest absolute Gasteiger partial charge is 0.547 e. The summed E-state index contributed by atoms with van der Waals surface area (Å²) in [5.41, 5.74) is 0.0953. The zero-order valence-corrected chi connectivity index (χ0v) is 21.1. The molecule has 4 N–H and O–H groups in total. The molecule has 2 aliphatic rings. The van der Waals surface area contributed by atoms with E-state index in [2.05, 4.69) is 25.9 Å². The second-order valence-corrected chi connectivity index (χ2v) is 7.80. The van der Waals surface area contributed by atoms with Crippen molar-refractivity contribution >= 4 is 17.8 Å². The summed E-state index contributed by atoms with van der Waals surface area (Å²) in [4.78, 5) is 34.8. The molecule has 0 saturated carbocycles. The normalized spacial score (nSPS) is 37.7. The Morgan fingerprint density at radius 2 is 1.74 bits per heavy atom. The molecule has 9 unspecified atom stereocenters. The SMILES string of the molecule is C=C(C)C(=O)OCC1OC(O[CH2-])C(NC(C)=O)C(OC2OC(C(=O)[O-])[C@@H]([CH2+])C(O)C2O)C1O.[Na+]. The molecule has 2 rings (SSSR count). The van der Waals surface area contributed by atoms with Gasteiger partial charge < -0.3 is 54.2 Å². The summed E-state index contributed by atoms with van der Waals surface area (Å²) in [7, 11) is 3.25. The molecule has 186 valence electrons. The summed E-state index contributed by atoms with van der Waals surface area (Å²) < 4.78 is 26.3. The van der Waals surface area contributed by atoms with Crippen molar-refractivity contribution in [2.75, 3.05) is 6.61 Å². The molecule has 2 heterocycles. The number of nitrogens with one attached hydrogen (secondary N) is 1. The van der Waals surface area contributed by atoms with Crippen LogP contribution in [0.15, 0.2) is 12.2 Å². The molecule has 0 aromatic rings. The van der Waals surface area contributed by atoms with Crippen LogP contribution in [0.3, 0.4) is 0 Å². The Morgan fingerprint density at radius 1 is 1.12 bits per heavy atom. The molecule has 1 amide bonds. The van der Waals surface area contributed by atoms with Crippen molar-refractivity contribution in [1.29, 1.82) is 0 Å². The molecule has 0 aromatic heterocycles. The van der Waals surface area contributed by atoms with E-state index in [1.807, 2.05) is 0 Å². The fourth-order valence-electron chi connectivity index (χ4n) is 3.45. The molecule has 0 radical (unpaired) electrons. The average molecular weight is 497 g/mol. The molecule has 2 aliphatic heterocycles. The van der Waals surface area contributed by atoms with Gasteiger partial charge in [-0.15, -0.1) is 0 Å². The van der Waals surface area contributed by atoms with Crippen molar-refractivity contribution in [2.24, 2.45) is 5.92 Å². The summed E-state index contributed by atoms with van der Waals surface area (Å²) >= 11 is 0. The van der Waals surface area contributed by atoms with E-state index in [-0.39, 0.29) is 35.1 Å². The van der Waals surface area contributed by atoms with Gasteiger partial charge in [-0.3, -0.25) is 4.79 Å². The number of carbonyl (C=O) groups excluding carboxylic acids is 3. The zero-order valence-electron chi connectivity index (χ0n) is 19.1. The van der Waals surface area contributed by atoms with Gasteiger partial charge in [0.2, 0.25) is 5.91 Å². The van der Waals surface area contributed by atoms with Crippen molar-refractivity contribution in [3.63, 3.8) is 0 Å². The zero-order chi connectivity index (χ0) is 25.0. The number of hydrogen-bond acceptors (Lipinski definition) is 12. The van der Waals surface area contributed by atoms with Crippen LogP contribution in [-0.2, 0) is 38.1 Å². The van der Waals surface area contributed by atoms with Crippen molar-refractivity contribution in [3.8, 4) is 0 Å². The minimum Gasteiger partial charge on any atom is -0.547 e. The van der Waals surface area contributed by atoms with E-state index in [9.17, 15) is 34.8 Å². The molecule has 2 fully saturated rings. The van der Waals surface area contributed by atoms with Gasteiger partial charge in [0.1, 0.15) is 49.3 Å². The van der Waals surface area contributed by atoms with Crippen LogP contribution in [0.1, 0.15) is 13.8 Å². The third kappa shape index (κ3) is 7.13. The Kier molecular flexibility index (Phi) is 11.9. The molecule has 0 aromatic carbocycles. The van der Waals surface area contributed by atoms with Gasteiger partial charge in [0.05, 0.1) is 12.9 Å². The Hall–Kier alpha value is -1.26. The first-order valence-electron chi connectivity index (χ1n) is 9.94. The number of carboxylic acid groups (broad SMARTS) is 1. The Balaban J connectivity index is 0.00000578. The number of aliphatic hydroxyl groups is 3. The quantitative estimate of drug-likeness (QED) is 0.107. The molecular formula is C20H28NNaO12. The predicted molar refractivity (Wildman–Crippen MR) is 104 cm³/mol. The van der Waals surface area contributed by atoms with Crippen LogP contribution in [0.2, 0.25) is 0 Å². The van der Waals surface area contributed by atoms with Crippen LogP contribution in [0, 0.1) is 20.0 Å². The fourth-order valence-corrected chi connectivity index (χ4v) is 3.45. The summed E-state index contributed by atoms with van der Waals surface area (Å²) in [6, 6.07) is -1.23. The second kappa shape index (κ2) is 13.2. The van der Waals surface area contributed by atoms with E-state index in [0.29, 0.717) is 0 Å². The Bertz CT molecular complexity index is 751. The van der Waals surface area contributed by atoms with Crippen LogP contribution in [-0.4, -0.2) is 95.0 Å². The average Bonchev–Trinajstić information content (AvgIpc) is 2.74. The second-order valence-electron chi connectivity index (χ2n) is 7.80. The number of amides is 1. The fraction of sp³-hybridized carbons (Fsp3) is 0.650. The van der Waals surface area contributed by atoms with Crippen molar-refractivity contribution in [2.45, 2.75) is 69.1 Å². The third-order valence-corrected chi connectivity index (χ3v) is 5.20. The topological polar surface area (TPSA) is 193 Å². The minimum atomic E-state index is -1.78. The molecule has 0 spiro atoms. The first-order valence-corrected chi connectivity index (χ1v) is 9.94. The van der Waals surface area contributed by atoms with Crippen LogP contribution in [0.4, 0.5) is 0 Å². The Labute approximate surface area is 218 Å². The number of rotatable bonds is 8. The van der Waals surface area contributed by atoms with Gasteiger partial charge in [0, 0.05) is 12.5 Å². The number of carboxylic acids is 1. The van der Waals surface area contributed by atoms with E-state index < -0.39 is 85.6 Å². The van der Waals surface area contributed by atoms with Gasteiger partial charge in [-0.1, -0.05) is 6.58 Å². The molecule has 10 atom stereocenters. The number of aliphatic carboxylic acids is 1. The number of carbonyl (C=O) groups is 3. The summed E-state index contributed by atoms with van der Waals surface area (Å²) in [5, 5.41) is 45.2. The largest absolute Gasteiger partial charge is 1.00 e. The summed E-state index contributed by atoms with van der Waals surface area (Å²) in [5.74, 6) is -4.31. The van der Waals surface area contributed by atoms with E-state index in [1.54, 1.807) is 0 Å². The van der Waals surface area contributed by atoms with Crippen LogP contribution in [0.5, 0.6) is 0 Å². The number of hydrogen-bond donors (Lipinski definition) is 4. The summed E-state index contributed by atoms with van der Waals surface area (Å²) in [6.45, 7) is 9.00. The molecule has 0 bridgehead atoms. The van der Waals surface area contributed by atoms with Crippen molar-refractivity contribution < 1.29 is 88.1 Å². The molecule has 0 aliphatic carbocycles. The van der Waals surface area contributed by atoms with E-state index in [1.165, 1.54) is 13.8 Å². The van der Waals surface area contributed by atoms with Crippen LogP contribution in [0.25, 0.3) is 0 Å². The van der Waals surface area contributed by atoms with Gasteiger partial charge in [-0.05, 0) is 6.92 Å². The van der Waals surface area contributed by atoms with Gasteiger partial charge in [0.25, 0.3) is 0 Å². The monoisotopic (exact) mass is 497 g/mol. The van der Waals surface area contributed by atoms with Crippen LogP contribution < -0.4 is 40.0 Å². The van der Waals surface area contributed by atoms with Gasteiger partial charge in [-0.25, -0.2) is 11.9 Å². The first-order chi connectivity index (χ1) is 15.4. The van der Waals surface area contributed by atoms with Crippen molar-refractivity contribution in [1.82, 2.24) is 5.32 Å². The maximum Gasteiger partial charge on any atom is 1.00 e.